The maximum Gasteiger partial charge on any atom is 0.308 e. The standard InChI is InChI=1S/C17H21ClN2O4/c1-10(2)15(21)19-12-5-6-14(18)13(8-12)16(22)20-7-3-4-11(9-20)17(23)24/h5-6,8,10-11H,3-4,7,9H2,1-2H3,(H,19,21)(H,23,24)/t11-/m0/s1. The number of aliphatic carboxylic acids is 1. The second-order valence-corrected chi connectivity index (χ2v) is 6.67. The zero-order valence-electron chi connectivity index (χ0n) is 13.7. The van der Waals surface area contributed by atoms with Crippen LogP contribution in [0.2, 0.25) is 5.02 Å². The fourth-order valence-corrected chi connectivity index (χ4v) is 2.79. The lowest BCUT2D eigenvalue weighted by atomic mass is 9.97. The Balaban J connectivity index is 2.19. The van der Waals surface area contributed by atoms with Crippen LogP contribution in [0, 0.1) is 11.8 Å². The van der Waals surface area contributed by atoms with E-state index in [1.165, 1.54) is 11.0 Å². The molecule has 2 rings (SSSR count). The van der Waals surface area contributed by atoms with Crippen molar-refractivity contribution in [1.82, 2.24) is 4.90 Å². The first kappa shape index (κ1) is 18.3. The van der Waals surface area contributed by atoms with Crippen LogP contribution < -0.4 is 5.32 Å². The minimum Gasteiger partial charge on any atom is -0.481 e. The maximum atomic E-state index is 12.7. The molecule has 2 N–H and O–H groups in total. The van der Waals surface area contributed by atoms with E-state index in [0.29, 0.717) is 25.1 Å². The van der Waals surface area contributed by atoms with Gasteiger partial charge in [0.05, 0.1) is 16.5 Å². The summed E-state index contributed by atoms with van der Waals surface area (Å²) in [7, 11) is 0. The molecule has 1 aromatic carbocycles. The second-order valence-electron chi connectivity index (χ2n) is 6.27. The summed E-state index contributed by atoms with van der Waals surface area (Å²) in [4.78, 5) is 37.2. The van der Waals surface area contributed by atoms with Gasteiger partial charge in [-0.15, -0.1) is 0 Å². The third-order valence-corrected chi connectivity index (χ3v) is 4.38. The van der Waals surface area contributed by atoms with Crippen molar-refractivity contribution in [2.24, 2.45) is 11.8 Å². The Hall–Kier alpha value is -2.08. The number of carboxylic acid groups (broad SMARTS) is 1. The van der Waals surface area contributed by atoms with Crippen molar-refractivity contribution in [3.05, 3.63) is 28.8 Å². The number of nitrogens with zero attached hydrogens (tertiary/aromatic N) is 1. The first-order chi connectivity index (χ1) is 11.3. The van der Waals surface area contributed by atoms with Crippen LogP contribution in [0.15, 0.2) is 18.2 Å². The fourth-order valence-electron chi connectivity index (χ4n) is 2.59. The van der Waals surface area contributed by atoms with Crippen LogP contribution in [0.4, 0.5) is 5.69 Å². The topological polar surface area (TPSA) is 86.7 Å². The Kier molecular flexibility index (Phi) is 5.83. The molecule has 0 radical (unpaired) electrons. The lowest BCUT2D eigenvalue weighted by molar-refractivity contribution is -0.143. The summed E-state index contributed by atoms with van der Waals surface area (Å²) >= 11 is 6.13. The van der Waals surface area contributed by atoms with E-state index in [4.69, 9.17) is 16.7 Å². The Morgan fingerprint density at radius 3 is 2.67 bits per heavy atom. The first-order valence-corrected chi connectivity index (χ1v) is 8.30. The molecule has 0 bridgehead atoms. The van der Waals surface area contributed by atoms with Gasteiger partial charge in [-0.25, -0.2) is 0 Å². The molecule has 1 aliphatic heterocycles. The third kappa shape index (κ3) is 4.26. The Bertz CT molecular complexity index is 660. The summed E-state index contributed by atoms with van der Waals surface area (Å²) < 4.78 is 0. The first-order valence-electron chi connectivity index (χ1n) is 7.92. The van der Waals surface area contributed by atoms with Crippen molar-refractivity contribution >= 4 is 35.1 Å². The molecule has 0 saturated carbocycles. The van der Waals surface area contributed by atoms with Crippen molar-refractivity contribution in [3.8, 4) is 0 Å². The van der Waals surface area contributed by atoms with Crippen LogP contribution in [0.3, 0.4) is 0 Å². The van der Waals surface area contributed by atoms with E-state index in [9.17, 15) is 14.4 Å². The smallest absolute Gasteiger partial charge is 0.308 e. The number of carbonyl (C=O) groups is 3. The van der Waals surface area contributed by atoms with E-state index in [1.807, 2.05) is 0 Å². The van der Waals surface area contributed by atoms with E-state index >= 15 is 0 Å². The predicted molar refractivity (Wildman–Crippen MR) is 91.2 cm³/mol. The molecule has 1 atom stereocenters. The predicted octanol–water partition coefficient (Wildman–Crippen LogP) is 2.87. The highest BCUT2D eigenvalue weighted by molar-refractivity contribution is 6.34. The van der Waals surface area contributed by atoms with Gasteiger partial charge in [0.2, 0.25) is 5.91 Å². The van der Waals surface area contributed by atoms with Crippen molar-refractivity contribution in [2.75, 3.05) is 18.4 Å². The second kappa shape index (κ2) is 7.66. The van der Waals surface area contributed by atoms with Crippen LogP contribution in [-0.2, 0) is 9.59 Å². The monoisotopic (exact) mass is 352 g/mol. The van der Waals surface area contributed by atoms with Crippen molar-refractivity contribution in [2.45, 2.75) is 26.7 Å². The van der Waals surface area contributed by atoms with Gasteiger partial charge in [0, 0.05) is 24.7 Å². The van der Waals surface area contributed by atoms with Crippen molar-refractivity contribution in [1.29, 1.82) is 0 Å². The number of rotatable bonds is 4. The third-order valence-electron chi connectivity index (χ3n) is 4.05. The van der Waals surface area contributed by atoms with Gasteiger partial charge in [-0.2, -0.15) is 0 Å². The number of amides is 2. The highest BCUT2D eigenvalue weighted by atomic mass is 35.5. The molecule has 130 valence electrons. The van der Waals surface area contributed by atoms with E-state index < -0.39 is 11.9 Å². The molecule has 1 fully saturated rings. The molecule has 2 amide bonds. The van der Waals surface area contributed by atoms with Gasteiger partial charge in [-0.05, 0) is 31.0 Å². The lowest BCUT2D eigenvalue weighted by Gasteiger charge is -2.31. The largest absolute Gasteiger partial charge is 0.481 e. The summed E-state index contributed by atoms with van der Waals surface area (Å²) in [5.74, 6) is -2.09. The molecule has 6 nitrogen and oxygen atoms in total. The average molecular weight is 353 g/mol. The number of carbonyl (C=O) groups excluding carboxylic acids is 2. The van der Waals surface area contributed by atoms with Crippen LogP contribution in [-0.4, -0.2) is 40.9 Å². The van der Waals surface area contributed by atoms with Gasteiger partial charge < -0.3 is 15.3 Å². The summed E-state index contributed by atoms with van der Waals surface area (Å²) in [6.07, 6.45) is 1.21. The van der Waals surface area contributed by atoms with Gasteiger partial charge >= 0.3 is 5.97 Å². The summed E-state index contributed by atoms with van der Waals surface area (Å²) in [5, 5.41) is 12.2. The minimum absolute atomic E-state index is 0.153. The number of nitrogens with one attached hydrogen (secondary N) is 1. The number of carboxylic acids is 1. The lowest BCUT2D eigenvalue weighted by Crippen LogP contribution is -2.42. The number of halogens is 1. The molecule has 0 unspecified atom stereocenters. The SMILES string of the molecule is CC(C)C(=O)Nc1ccc(Cl)c(C(=O)N2CCC[C@H](C(=O)O)C2)c1. The zero-order chi connectivity index (χ0) is 17.9. The van der Waals surface area contributed by atoms with Crippen LogP contribution >= 0.6 is 11.6 Å². The van der Waals surface area contributed by atoms with Crippen LogP contribution in [0.5, 0.6) is 0 Å². The van der Waals surface area contributed by atoms with E-state index in [1.54, 1.807) is 26.0 Å². The number of hydrogen-bond donors (Lipinski definition) is 2. The molecule has 24 heavy (non-hydrogen) atoms. The highest BCUT2D eigenvalue weighted by Crippen LogP contribution is 2.25. The fraction of sp³-hybridized carbons (Fsp3) is 0.471. The molecule has 1 heterocycles. The molecule has 1 aliphatic rings. The van der Waals surface area contributed by atoms with E-state index in [2.05, 4.69) is 5.32 Å². The van der Waals surface area contributed by atoms with Crippen LogP contribution in [0.25, 0.3) is 0 Å². The Morgan fingerprint density at radius 1 is 1.33 bits per heavy atom. The quantitative estimate of drug-likeness (QED) is 0.872. The molecule has 0 spiro atoms. The number of anilines is 1. The van der Waals surface area contributed by atoms with Gasteiger partial charge in [-0.1, -0.05) is 25.4 Å². The number of hydrogen-bond acceptors (Lipinski definition) is 3. The van der Waals surface area contributed by atoms with E-state index in [0.717, 1.165) is 0 Å². The maximum absolute atomic E-state index is 12.7. The van der Waals surface area contributed by atoms with Gasteiger partial charge in [0.1, 0.15) is 0 Å². The zero-order valence-corrected chi connectivity index (χ0v) is 14.5. The van der Waals surface area contributed by atoms with Crippen molar-refractivity contribution in [3.63, 3.8) is 0 Å². The van der Waals surface area contributed by atoms with Crippen molar-refractivity contribution < 1.29 is 19.5 Å². The molecule has 0 aromatic heterocycles. The molecular formula is C17H21ClN2O4. The minimum atomic E-state index is -0.892. The van der Waals surface area contributed by atoms with Gasteiger partial charge in [0.25, 0.3) is 5.91 Å². The van der Waals surface area contributed by atoms with E-state index in [-0.39, 0.29) is 34.9 Å². The van der Waals surface area contributed by atoms with Gasteiger partial charge in [0.15, 0.2) is 0 Å². The molecule has 1 saturated heterocycles. The van der Waals surface area contributed by atoms with Crippen LogP contribution in [0.1, 0.15) is 37.0 Å². The normalized spacial score (nSPS) is 17.7. The molecule has 1 aromatic rings. The summed E-state index contributed by atoms with van der Waals surface area (Å²) in [6, 6.07) is 4.73. The summed E-state index contributed by atoms with van der Waals surface area (Å²) in [6.45, 7) is 4.22. The molecule has 0 aliphatic carbocycles. The number of piperidine rings is 1. The Morgan fingerprint density at radius 2 is 2.04 bits per heavy atom. The molecular weight excluding hydrogens is 332 g/mol. The van der Waals surface area contributed by atoms with Gasteiger partial charge in [-0.3, -0.25) is 14.4 Å². The summed E-state index contributed by atoms with van der Waals surface area (Å²) in [5.41, 5.74) is 0.762. The number of benzene rings is 1. The average Bonchev–Trinajstić information content (AvgIpc) is 2.55. The highest BCUT2D eigenvalue weighted by Gasteiger charge is 2.29. The molecule has 7 heteroatoms. The Labute approximate surface area is 145 Å². The number of likely N-dealkylation sites (tertiary alicyclic amines) is 1.